The summed E-state index contributed by atoms with van der Waals surface area (Å²) in [5, 5.41) is 1.34. The molecule has 0 radical (unpaired) electrons. The number of ether oxygens (including phenoxy) is 1. The number of nitrogens with two attached hydrogens (primary N) is 2. The van der Waals surface area contributed by atoms with Crippen molar-refractivity contribution in [2.45, 2.75) is 32.3 Å². The Morgan fingerprint density at radius 3 is 2.30 bits per heavy atom. The number of alkyl halides is 3. The first-order valence-corrected chi connectivity index (χ1v) is 8.61. The van der Waals surface area contributed by atoms with Gasteiger partial charge in [0.05, 0.1) is 5.56 Å². The first kappa shape index (κ1) is 23.5. The minimum atomic E-state index is -4.44. The normalized spacial score (nSPS) is 15.7. The van der Waals surface area contributed by atoms with Crippen molar-refractivity contribution in [1.82, 2.24) is 5.06 Å². The summed E-state index contributed by atoms with van der Waals surface area (Å²) in [6, 6.07) is 11.4. The maximum absolute atomic E-state index is 12.9. The molecule has 1 heterocycles. The van der Waals surface area contributed by atoms with Crippen molar-refractivity contribution in [3.8, 4) is 11.5 Å². The molecule has 0 fully saturated rings. The van der Waals surface area contributed by atoms with Crippen LogP contribution in [-0.4, -0.2) is 22.6 Å². The molecule has 0 saturated heterocycles. The molecule has 0 spiro atoms. The molecule has 2 aromatic carbocycles. The zero-order valence-electron chi connectivity index (χ0n) is 16.2. The van der Waals surface area contributed by atoms with E-state index < -0.39 is 17.4 Å². The molecular formula is C19H21BrF3N5O2. The van der Waals surface area contributed by atoms with E-state index >= 15 is 0 Å². The van der Waals surface area contributed by atoms with E-state index in [0.29, 0.717) is 11.3 Å². The highest BCUT2D eigenvalue weighted by molar-refractivity contribution is 8.93. The first-order valence-electron chi connectivity index (χ1n) is 8.61. The number of aliphatic imine (C=N–C) groups is 2. The molecule has 0 unspecified atom stereocenters. The summed E-state index contributed by atoms with van der Waals surface area (Å²) >= 11 is 0. The average Bonchev–Trinajstić information content (AvgIpc) is 2.60. The molecule has 0 saturated carbocycles. The Morgan fingerprint density at radius 2 is 1.67 bits per heavy atom. The number of rotatable bonds is 5. The largest absolute Gasteiger partial charge is 0.457 e. The second kappa shape index (κ2) is 8.92. The molecule has 0 atom stereocenters. The number of guanidine groups is 2. The Labute approximate surface area is 181 Å². The molecular weight excluding hydrogens is 467 g/mol. The standard InChI is InChI=1S/C19H20F3N5O2.BrH/c1-18(2)26-16(23)25-17(24)27(18)28-11-12-5-3-7-14(9-12)29-15-8-4-6-13(10-15)19(20,21)22;/h3-10H,11H2,1-2H3,(H4,23,24,25,26);1H. The van der Waals surface area contributed by atoms with Gasteiger partial charge in [-0.25, -0.2) is 4.99 Å². The molecule has 1 aliphatic rings. The summed E-state index contributed by atoms with van der Waals surface area (Å²) in [6.07, 6.45) is -4.44. The molecule has 0 bridgehead atoms. The van der Waals surface area contributed by atoms with Crippen molar-refractivity contribution < 1.29 is 22.7 Å². The highest BCUT2D eigenvalue weighted by Gasteiger charge is 2.33. The summed E-state index contributed by atoms with van der Waals surface area (Å²) in [7, 11) is 0. The highest BCUT2D eigenvalue weighted by atomic mass is 79.9. The smallest absolute Gasteiger partial charge is 0.416 e. The quantitative estimate of drug-likeness (QED) is 0.658. The van der Waals surface area contributed by atoms with Gasteiger partial charge in [0, 0.05) is 0 Å². The van der Waals surface area contributed by atoms with Gasteiger partial charge >= 0.3 is 6.18 Å². The van der Waals surface area contributed by atoms with E-state index in [2.05, 4.69) is 9.98 Å². The van der Waals surface area contributed by atoms with Gasteiger partial charge in [-0.3, -0.25) is 4.84 Å². The van der Waals surface area contributed by atoms with Gasteiger partial charge in [0.25, 0.3) is 0 Å². The predicted molar refractivity (Wildman–Crippen MR) is 112 cm³/mol. The lowest BCUT2D eigenvalue weighted by Gasteiger charge is -2.36. The lowest BCUT2D eigenvalue weighted by Crippen LogP contribution is -2.53. The monoisotopic (exact) mass is 487 g/mol. The van der Waals surface area contributed by atoms with Crippen LogP contribution in [0.25, 0.3) is 0 Å². The second-order valence-corrected chi connectivity index (χ2v) is 6.78. The van der Waals surface area contributed by atoms with Crippen LogP contribution in [0, 0.1) is 0 Å². The van der Waals surface area contributed by atoms with E-state index in [1.807, 2.05) is 0 Å². The maximum atomic E-state index is 12.9. The molecule has 7 nitrogen and oxygen atoms in total. The number of hydrogen-bond donors (Lipinski definition) is 2. The number of halogens is 4. The van der Waals surface area contributed by atoms with E-state index in [4.69, 9.17) is 21.0 Å². The van der Waals surface area contributed by atoms with Gasteiger partial charge in [-0.15, -0.1) is 17.0 Å². The van der Waals surface area contributed by atoms with Gasteiger partial charge in [-0.1, -0.05) is 18.2 Å². The average molecular weight is 488 g/mol. The van der Waals surface area contributed by atoms with Crippen LogP contribution in [0.2, 0.25) is 0 Å². The van der Waals surface area contributed by atoms with Crippen molar-refractivity contribution >= 4 is 28.9 Å². The van der Waals surface area contributed by atoms with E-state index in [1.165, 1.54) is 17.2 Å². The molecule has 0 amide bonds. The summed E-state index contributed by atoms with van der Waals surface area (Å²) in [5.74, 6) is 0.575. The van der Waals surface area contributed by atoms with Gasteiger partial charge in [0.2, 0.25) is 11.9 Å². The lowest BCUT2D eigenvalue weighted by molar-refractivity contribution is -0.166. The van der Waals surface area contributed by atoms with Crippen LogP contribution < -0.4 is 16.2 Å². The van der Waals surface area contributed by atoms with Gasteiger partial charge in [-0.05, 0) is 49.7 Å². The van der Waals surface area contributed by atoms with Gasteiger partial charge in [0.1, 0.15) is 18.1 Å². The summed E-state index contributed by atoms with van der Waals surface area (Å²) in [6.45, 7) is 3.62. The Hall–Kier alpha value is -2.79. The number of hydrogen-bond acceptors (Lipinski definition) is 7. The molecule has 1 aliphatic heterocycles. The second-order valence-electron chi connectivity index (χ2n) is 6.78. The third kappa shape index (κ3) is 5.63. The van der Waals surface area contributed by atoms with Gasteiger partial charge < -0.3 is 16.2 Å². The van der Waals surface area contributed by atoms with Crippen LogP contribution in [0.15, 0.2) is 58.5 Å². The Kier molecular flexibility index (Phi) is 6.99. The fraction of sp³-hybridized carbons (Fsp3) is 0.263. The van der Waals surface area contributed by atoms with Crippen LogP contribution >= 0.6 is 17.0 Å². The molecule has 3 rings (SSSR count). The molecule has 11 heteroatoms. The van der Waals surface area contributed by atoms with Crippen molar-refractivity contribution in [1.29, 1.82) is 0 Å². The molecule has 4 N–H and O–H groups in total. The van der Waals surface area contributed by atoms with Crippen molar-refractivity contribution in [2.75, 3.05) is 0 Å². The van der Waals surface area contributed by atoms with E-state index in [0.717, 1.165) is 12.1 Å². The van der Waals surface area contributed by atoms with Crippen molar-refractivity contribution in [2.24, 2.45) is 21.5 Å². The Balaban J connectivity index is 0.00000320. The van der Waals surface area contributed by atoms with E-state index in [9.17, 15) is 13.2 Å². The van der Waals surface area contributed by atoms with Gasteiger partial charge in [0.15, 0.2) is 5.66 Å². The molecule has 0 aliphatic carbocycles. The third-order valence-electron chi connectivity index (χ3n) is 3.98. The third-order valence-corrected chi connectivity index (χ3v) is 3.98. The topological polar surface area (TPSA) is 98.5 Å². The molecule has 30 heavy (non-hydrogen) atoms. The summed E-state index contributed by atoms with van der Waals surface area (Å²) in [4.78, 5) is 13.8. The fourth-order valence-electron chi connectivity index (χ4n) is 2.73. The number of benzene rings is 2. The zero-order valence-corrected chi connectivity index (χ0v) is 17.9. The van der Waals surface area contributed by atoms with Crippen LogP contribution in [-0.2, 0) is 17.6 Å². The molecule has 0 aromatic heterocycles. The highest BCUT2D eigenvalue weighted by Crippen LogP contribution is 2.33. The summed E-state index contributed by atoms with van der Waals surface area (Å²) in [5.41, 5.74) is 10.6. The van der Waals surface area contributed by atoms with E-state index in [1.54, 1.807) is 38.1 Å². The number of hydroxylamine groups is 2. The van der Waals surface area contributed by atoms with Crippen molar-refractivity contribution in [3.05, 3.63) is 59.7 Å². The predicted octanol–water partition coefficient (Wildman–Crippen LogP) is 4.19. The Bertz CT molecular complexity index is 963. The maximum Gasteiger partial charge on any atom is 0.416 e. The Morgan fingerprint density at radius 1 is 1.03 bits per heavy atom. The van der Waals surface area contributed by atoms with Crippen LogP contribution in [0.5, 0.6) is 11.5 Å². The van der Waals surface area contributed by atoms with Crippen molar-refractivity contribution in [3.63, 3.8) is 0 Å². The van der Waals surface area contributed by atoms with Crippen LogP contribution in [0.3, 0.4) is 0 Å². The minimum absolute atomic E-state index is 0. The molecule has 2 aromatic rings. The molecule has 162 valence electrons. The fourth-order valence-corrected chi connectivity index (χ4v) is 2.73. The lowest BCUT2D eigenvalue weighted by atomic mass is 10.2. The van der Waals surface area contributed by atoms with Crippen LogP contribution in [0.4, 0.5) is 13.2 Å². The van der Waals surface area contributed by atoms with E-state index in [-0.39, 0.29) is 41.3 Å². The van der Waals surface area contributed by atoms with Crippen LogP contribution in [0.1, 0.15) is 25.0 Å². The first-order chi connectivity index (χ1) is 13.5. The SMILES string of the molecule is Br.CC1(C)N=C(N)N=C(N)N1OCc1cccc(Oc2cccc(C(F)(F)F)c2)c1. The minimum Gasteiger partial charge on any atom is -0.457 e. The summed E-state index contributed by atoms with van der Waals surface area (Å²) < 4.78 is 44.1. The zero-order chi connectivity index (χ0) is 21.2. The van der Waals surface area contributed by atoms with Gasteiger partial charge in [-0.2, -0.15) is 23.2 Å². The number of nitrogens with zero attached hydrogens (tertiary/aromatic N) is 3.